The number of halogens is 1. The van der Waals surface area contributed by atoms with Gasteiger partial charge in [-0.2, -0.15) is 0 Å². The Morgan fingerprint density at radius 3 is 3.00 bits per heavy atom. The van der Waals surface area contributed by atoms with Gasteiger partial charge >= 0.3 is 5.43 Å². The number of aromatic nitrogens is 1. The molecular formula is C7H6ClNO2. The minimum absolute atomic E-state index is 0.444. The molecule has 0 bridgehead atoms. The number of carbonyl (C=O) groups excluding carboxylic acids is 1. The first-order chi connectivity index (χ1) is 5.20. The van der Waals surface area contributed by atoms with Crippen LogP contribution < -0.4 is 4.74 Å². The first kappa shape index (κ1) is 8.01. The van der Waals surface area contributed by atoms with Crippen LogP contribution >= 0.6 is 11.6 Å². The van der Waals surface area contributed by atoms with E-state index in [1.807, 2.05) is 0 Å². The summed E-state index contributed by atoms with van der Waals surface area (Å²) in [6.07, 6.45) is 3.12. The molecule has 0 radical (unpaired) electrons. The van der Waals surface area contributed by atoms with Crippen LogP contribution in [0.2, 0.25) is 0 Å². The zero-order valence-electron chi connectivity index (χ0n) is 5.87. The van der Waals surface area contributed by atoms with Gasteiger partial charge in [-0.25, -0.2) is 4.79 Å². The lowest BCUT2D eigenvalue weighted by atomic mass is 10.3. The number of carbonyl (C=O) groups is 1. The number of ether oxygens (including phenoxy) is 1. The average molecular weight is 172 g/mol. The standard InChI is InChI=1S/C7H6ClNO2/c1-5-4-9-3-2-6(5)11-7(8)10/h2-4H,1H3. The smallest absolute Gasteiger partial charge is 0.409 e. The molecule has 0 aromatic carbocycles. The quantitative estimate of drug-likeness (QED) is 0.608. The maximum Gasteiger partial charge on any atom is 0.409 e. The molecular weight excluding hydrogens is 166 g/mol. The number of hydrogen-bond donors (Lipinski definition) is 0. The maximum absolute atomic E-state index is 10.3. The van der Waals surface area contributed by atoms with E-state index >= 15 is 0 Å². The van der Waals surface area contributed by atoms with E-state index in [0.717, 1.165) is 5.56 Å². The van der Waals surface area contributed by atoms with Gasteiger partial charge in [0.15, 0.2) is 0 Å². The first-order valence-electron chi connectivity index (χ1n) is 2.98. The van der Waals surface area contributed by atoms with Gasteiger partial charge in [-0.05, 0) is 13.0 Å². The largest absolute Gasteiger partial charge is 0.414 e. The van der Waals surface area contributed by atoms with E-state index in [0.29, 0.717) is 5.75 Å². The summed E-state index contributed by atoms with van der Waals surface area (Å²) >= 11 is 5.00. The van der Waals surface area contributed by atoms with E-state index in [2.05, 4.69) is 9.72 Å². The Labute approximate surface area is 69.0 Å². The topological polar surface area (TPSA) is 39.2 Å². The molecule has 11 heavy (non-hydrogen) atoms. The monoisotopic (exact) mass is 171 g/mol. The Kier molecular flexibility index (Phi) is 2.44. The minimum Gasteiger partial charge on any atom is -0.414 e. The molecule has 0 unspecified atom stereocenters. The molecule has 1 aromatic rings. The van der Waals surface area contributed by atoms with Crippen LogP contribution in [0.1, 0.15) is 5.56 Å². The third-order valence-corrected chi connectivity index (χ3v) is 1.24. The van der Waals surface area contributed by atoms with E-state index in [-0.39, 0.29) is 0 Å². The molecule has 0 atom stereocenters. The summed E-state index contributed by atoms with van der Waals surface area (Å²) in [7, 11) is 0. The van der Waals surface area contributed by atoms with Crippen molar-refractivity contribution in [3.63, 3.8) is 0 Å². The van der Waals surface area contributed by atoms with E-state index in [1.165, 1.54) is 6.20 Å². The molecule has 0 aliphatic rings. The summed E-state index contributed by atoms with van der Waals surface area (Å²) in [5.74, 6) is 0.444. The van der Waals surface area contributed by atoms with Gasteiger partial charge in [0.2, 0.25) is 0 Å². The van der Waals surface area contributed by atoms with Gasteiger partial charge in [-0.1, -0.05) is 0 Å². The SMILES string of the molecule is Cc1cnccc1OC(=O)Cl. The average Bonchev–Trinajstić information content (AvgIpc) is 1.93. The highest BCUT2D eigenvalue weighted by Crippen LogP contribution is 2.15. The van der Waals surface area contributed by atoms with Gasteiger partial charge < -0.3 is 4.74 Å². The molecule has 58 valence electrons. The third kappa shape index (κ3) is 2.20. The second-order valence-electron chi connectivity index (χ2n) is 1.98. The molecule has 4 heteroatoms. The molecule has 0 aliphatic carbocycles. The highest BCUT2D eigenvalue weighted by molar-refractivity contribution is 6.61. The summed E-state index contributed by atoms with van der Waals surface area (Å²) in [6, 6.07) is 1.58. The predicted octanol–water partition coefficient (Wildman–Crippen LogP) is 2.13. The van der Waals surface area contributed by atoms with Crippen LogP contribution in [0.15, 0.2) is 18.5 Å². The molecule has 0 fully saturated rings. The molecule has 0 saturated carbocycles. The zero-order chi connectivity index (χ0) is 8.27. The lowest BCUT2D eigenvalue weighted by molar-refractivity contribution is 0.225. The van der Waals surface area contributed by atoms with Crippen molar-refractivity contribution >= 4 is 17.0 Å². The first-order valence-corrected chi connectivity index (χ1v) is 3.36. The van der Waals surface area contributed by atoms with Gasteiger partial charge in [0.1, 0.15) is 5.75 Å². The van der Waals surface area contributed by atoms with Crippen LogP contribution in [0.4, 0.5) is 4.79 Å². The number of pyridine rings is 1. The summed E-state index contributed by atoms with van der Waals surface area (Å²) in [6.45, 7) is 1.78. The molecule has 1 aromatic heterocycles. The van der Waals surface area contributed by atoms with Crippen molar-refractivity contribution in [1.29, 1.82) is 0 Å². The molecule has 1 heterocycles. The molecule has 0 saturated heterocycles. The van der Waals surface area contributed by atoms with Crippen LogP contribution in [0.25, 0.3) is 0 Å². The number of aryl methyl sites for hydroxylation is 1. The van der Waals surface area contributed by atoms with E-state index < -0.39 is 5.43 Å². The van der Waals surface area contributed by atoms with Gasteiger partial charge in [0.25, 0.3) is 0 Å². The lowest BCUT2D eigenvalue weighted by Crippen LogP contribution is -1.97. The van der Waals surface area contributed by atoms with Gasteiger partial charge in [0, 0.05) is 29.6 Å². The van der Waals surface area contributed by atoms with Crippen molar-refractivity contribution in [2.45, 2.75) is 6.92 Å². The van der Waals surface area contributed by atoms with Crippen molar-refractivity contribution in [2.24, 2.45) is 0 Å². The van der Waals surface area contributed by atoms with Crippen molar-refractivity contribution in [1.82, 2.24) is 4.98 Å². The van der Waals surface area contributed by atoms with E-state index in [4.69, 9.17) is 11.6 Å². The maximum atomic E-state index is 10.3. The zero-order valence-corrected chi connectivity index (χ0v) is 6.63. The number of nitrogens with zero attached hydrogens (tertiary/aromatic N) is 1. The van der Waals surface area contributed by atoms with Crippen molar-refractivity contribution in [2.75, 3.05) is 0 Å². The molecule has 1 rings (SSSR count). The van der Waals surface area contributed by atoms with Gasteiger partial charge in [0.05, 0.1) is 0 Å². The normalized spacial score (nSPS) is 9.27. The van der Waals surface area contributed by atoms with E-state index in [9.17, 15) is 4.79 Å². The molecule has 0 N–H and O–H groups in total. The fraction of sp³-hybridized carbons (Fsp3) is 0.143. The van der Waals surface area contributed by atoms with Gasteiger partial charge in [-0.3, -0.25) is 4.98 Å². The van der Waals surface area contributed by atoms with Crippen LogP contribution in [0.3, 0.4) is 0 Å². The van der Waals surface area contributed by atoms with Crippen LogP contribution in [-0.4, -0.2) is 10.4 Å². The summed E-state index contributed by atoms with van der Waals surface area (Å²) in [5.41, 5.74) is -0.0548. The Hall–Kier alpha value is -1.09. The van der Waals surface area contributed by atoms with Crippen molar-refractivity contribution in [3.8, 4) is 5.75 Å². The Balaban J connectivity index is 2.86. The predicted molar refractivity (Wildman–Crippen MR) is 40.9 cm³/mol. The summed E-state index contributed by atoms with van der Waals surface area (Å²) < 4.78 is 4.63. The summed E-state index contributed by atoms with van der Waals surface area (Å²) in [5, 5.41) is 0. The Morgan fingerprint density at radius 2 is 2.45 bits per heavy atom. The second-order valence-corrected chi connectivity index (χ2v) is 2.29. The van der Waals surface area contributed by atoms with Gasteiger partial charge in [-0.15, -0.1) is 0 Å². The third-order valence-electron chi connectivity index (χ3n) is 1.16. The van der Waals surface area contributed by atoms with Crippen LogP contribution in [0.5, 0.6) is 5.75 Å². The Bertz CT molecular complexity index is 275. The Morgan fingerprint density at radius 1 is 1.73 bits per heavy atom. The molecule has 0 amide bonds. The van der Waals surface area contributed by atoms with Crippen molar-refractivity contribution < 1.29 is 9.53 Å². The van der Waals surface area contributed by atoms with Crippen molar-refractivity contribution in [3.05, 3.63) is 24.0 Å². The minimum atomic E-state index is -0.834. The highest BCUT2D eigenvalue weighted by Gasteiger charge is 2.01. The number of hydrogen-bond acceptors (Lipinski definition) is 3. The fourth-order valence-corrected chi connectivity index (χ4v) is 0.745. The lowest BCUT2D eigenvalue weighted by Gasteiger charge is -2.00. The van der Waals surface area contributed by atoms with Crippen LogP contribution in [0, 0.1) is 6.92 Å². The fourth-order valence-electron chi connectivity index (χ4n) is 0.662. The molecule has 0 spiro atoms. The molecule has 0 aliphatic heterocycles. The second kappa shape index (κ2) is 3.34. The summed E-state index contributed by atoms with van der Waals surface area (Å²) in [4.78, 5) is 14.1. The molecule has 3 nitrogen and oxygen atoms in total. The van der Waals surface area contributed by atoms with E-state index in [1.54, 1.807) is 19.2 Å². The van der Waals surface area contributed by atoms with Crippen LogP contribution in [-0.2, 0) is 0 Å². The highest BCUT2D eigenvalue weighted by atomic mass is 35.5. The number of rotatable bonds is 1.